The van der Waals surface area contributed by atoms with E-state index in [4.69, 9.17) is 5.73 Å². The Balaban J connectivity index is 0.00000314. The minimum Gasteiger partial charge on any atom is -1.00 e. The van der Waals surface area contributed by atoms with Crippen molar-refractivity contribution in [3.8, 4) is 0 Å². The molecule has 6 aromatic carbocycles. The minimum absolute atomic E-state index is 0. The molecule has 0 aliphatic carbocycles. The molecule has 0 spiro atoms. The van der Waals surface area contributed by atoms with Gasteiger partial charge in [-0.15, -0.1) is 15.3 Å². The first-order chi connectivity index (χ1) is 23.7. The molecule has 264 valence electrons. The summed E-state index contributed by atoms with van der Waals surface area (Å²) in [6, 6.07) is 18.2. The second kappa shape index (κ2) is 13.9. The van der Waals surface area contributed by atoms with Crippen molar-refractivity contribution in [2.75, 3.05) is 5.73 Å². The van der Waals surface area contributed by atoms with Crippen LogP contribution < -0.4 is 35.3 Å². The molecule has 0 aliphatic rings. The van der Waals surface area contributed by atoms with Crippen LogP contribution in [0.3, 0.4) is 0 Å². The van der Waals surface area contributed by atoms with Crippen molar-refractivity contribution in [1.29, 1.82) is 0 Å². The molecule has 6 aromatic rings. The third-order valence-electron chi connectivity index (χ3n) is 7.53. The maximum atomic E-state index is 12.2. The molecule has 0 saturated heterocycles. The number of nitrogens with zero attached hydrogens (tertiary/aromatic N) is 4. The van der Waals surface area contributed by atoms with Crippen LogP contribution in [-0.4, -0.2) is 51.9 Å². The maximum Gasteiger partial charge on any atom is 1.00 e. The molecule has 0 fully saturated rings. The van der Waals surface area contributed by atoms with Crippen LogP contribution >= 0.6 is 0 Å². The molecule has 0 unspecified atom stereocenters. The van der Waals surface area contributed by atoms with Gasteiger partial charge in [0.15, 0.2) is 0 Å². The smallest absolute Gasteiger partial charge is 1.00 e. The second-order valence-corrected chi connectivity index (χ2v) is 16.4. The molecule has 0 radical (unpaired) electrons. The zero-order chi connectivity index (χ0) is 37.1. The molecule has 6 N–H and O–H groups in total. The average Bonchev–Trinajstić information content (AvgIpc) is 3.04. The quantitative estimate of drug-likeness (QED) is 0.0637. The van der Waals surface area contributed by atoms with E-state index in [-0.39, 0.29) is 86.4 Å². The molecular formula is C30H22N5NaO12S4. The number of fused-ring (bicyclic) bond motifs is 3. The molecule has 0 amide bonds. The standard InChI is InChI=1S/C30H21N5O12S4.Na.H/c31-25-8-9-27(22-14-17(48(36,37)38)4-6-19(22)25)35-34-26-10-11-28(23-15-18(49(39,40)41)5-7-20(23)26)33-32-16-12-24-21(30(13-16)51(45,46)47)2-1-3-29(24)50(42,43)44;;/h1-15H,31H2,(H,36,37,38)(H,39,40,41)(H,42,43,44)(H,45,46,47);;/q;+1;-1. The Hall–Kier alpha value is -4.26. The van der Waals surface area contributed by atoms with Crippen LogP contribution in [0.15, 0.2) is 131 Å². The topological polar surface area (TPSA) is 293 Å². The molecule has 52 heavy (non-hydrogen) atoms. The molecule has 17 nitrogen and oxygen atoms in total. The predicted molar refractivity (Wildman–Crippen MR) is 185 cm³/mol. The van der Waals surface area contributed by atoms with Gasteiger partial charge >= 0.3 is 29.6 Å². The van der Waals surface area contributed by atoms with E-state index in [1.807, 2.05) is 0 Å². The first-order valence-corrected chi connectivity index (χ1v) is 19.7. The predicted octanol–water partition coefficient (Wildman–Crippen LogP) is 3.66. The van der Waals surface area contributed by atoms with E-state index < -0.39 is 60.1 Å². The monoisotopic (exact) mass is 795 g/mol. The number of azo groups is 2. The summed E-state index contributed by atoms with van der Waals surface area (Å²) in [5, 5.41) is 16.9. The van der Waals surface area contributed by atoms with Gasteiger partial charge in [0.25, 0.3) is 40.5 Å². The van der Waals surface area contributed by atoms with Crippen LogP contribution in [0.4, 0.5) is 28.4 Å². The molecule has 0 aliphatic heterocycles. The summed E-state index contributed by atoms with van der Waals surface area (Å²) < 4.78 is 135. The van der Waals surface area contributed by atoms with Crippen molar-refractivity contribution in [3.63, 3.8) is 0 Å². The van der Waals surface area contributed by atoms with E-state index in [0.717, 1.165) is 48.5 Å². The van der Waals surface area contributed by atoms with Crippen LogP contribution in [0.1, 0.15) is 1.43 Å². The van der Waals surface area contributed by atoms with Gasteiger partial charge in [0.05, 0.1) is 32.5 Å². The van der Waals surface area contributed by atoms with Crippen molar-refractivity contribution in [1.82, 2.24) is 0 Å². The van der Waals surface area contributed by atoms with Gasteiger partial charge in [-0.3, -0.25) is 18.2 Å². The van der Waals surface area contributed by atoms with Gasteiger partial charge < -0.3 is 7.16 Å². The Kier molecular flexibility index (Phi) is 10.4. The van der Waals surface area contributed by atoms with Crippen molar-refractivity contribution >= 4 is 101 Å². The van der Waals surface area contributed by atoms with E-state index >= 15 is 0 Å². The van der Waals surface area contributed by atoms with Crippen molar-refractivity contribution < 1.29 is 82.9 Å². The van der Waals surface area contributed by atoms with E-state index in [2.05, 4.69) is 20.5 Å². The normalized spacial score (nSPS) is 13.0. The van der Waals surface area contributed by atoms with Crippen LogP contribution in [-0.2, 0) is 40.5 Å². The molecule has 0 saturated carbocycles. The summed E-state index contributed by atoms with van der Waals surface area (Å²) in [6.45, 7) is 0. The first-order valence-electron chi connectivity index (χ1n) is 13.9. The zero-order valence-corrected chi connectivity index (χ0v) is 31.5. The van der Waals surface area contributed by atoms with E-state index in [0.29, 0.717) is 5.39 Å². The Morgan fingerprint density at radius 3 is 1.46 bits per heavy atom. The van der Waals surface area contributed by atoms with Gasteiger partial charge in [-0.2, -0.15) is 38.8 Å². The van der Waals surface area contributed by atoms with E-state index in [1.165, 1.54) is 42.5 Å². The molecule has 22 heteroatoms. The van der Waals surface area contributed by atoms with Gasteiger partial charge in [0.2, 0.25) is 0 Å². The van der Waals surface area contributed by atoms with Crippen LogP contribution in [0.2, 0.25) is 0 Å². The fourth-order valence-electron chi connectivity index (χ4n) is 5.24. The number of anilines is 1. The maximum absolute atomic E-state index is 12.2. The van der Waals surface area contributed by atoms with Gasteiger partial charge in [0.1, 0.15) is 9.79 Å². The first kappa shape index (κ1) is 39.0. The fourth-order valence-corrected chi connectivity index (χ4v) is 7.68. The SMILES string of the molecule is Nc1ccc(N=Nc2ccc(N=Nc3cc(S(=O)(=O)O)c4cccc(S(=O)(=O)O)c4c3)c3cc(S(=O)(=O)O)ccc23)c2cc(S(=O)(=O)O)ccc12.[H-].[Na+]. The van der Waals surface area contributed by atoms with E-state index in [9.17, 15) is 51.9 Å². The summed E-state index contributed by atoms with van der Waals surface area (Å²) in [7, 11) is -19.1. The summed E-state index contributed by atoms with van der Waals surface area (Å²) in [4.78, 5) is -2.38. The molecular weight excluding hydrogens is 774 g/mol. The van der Waals surface area contributed by atoms with Crippen LogP contribution in [0, 0.1) is 0 Å². The van der Waals surface area contributed by atoms with Gasteiger partial charge in [0, 0.05) is 38.0 Å². The van der Waals surface area contributed by atoms with Crippen molar-refractivity contribution in [2.24, 2.45) is 20.5 Å². The summed E-state index contributed by atoms with van der Waals surface area (Å²) in [6.07, 6.45) is 0. The number of hydrogen-bond acceptors (Lipinski definition) is 13. The summed E-state index contributed by atoms with van der Waals surface area (Å²) >= 11 is 0. The average molecular weight is 796 g/mol. The number of nitrogens with two attached hydrogens (primary N) is 1. The summed E-state index contributed by atoms with van der Waals surface area (Å²) in [5.74, 6) is 0. The van der Waals surface area contributed by atoms with E-state index in [1.54, 1.807) is 0 Å². The van der Waals surface area contributed by atoms with Gasteiger partial charge in [-0.1, -0.05) is 24.3 Å². The third kappa shape index (κ3) is 7.89. The second-order valence-electron chi connectivity index (χ2n) is 10.8. The molecule has 0 heterocycles. The summed E-state index contributed by atoms with van der Waals surface area (Å²) in [5.41, 5.74) is 6.23. The van der Waals surface area contributed by atoms with Crippen molar-refractivity contribution in [2.45, 2.75) is 19.6 Å². The van der Waals surface area contributed by atoms with Crippen molar-refractivity contribution in [3.05, 3.63) is 91.0 Å². The zero-order valence-electron chi connectivity index (χ0n) is 27.2. The number of rotatable bonds is 8. The Morgan fingerprint density at radius 1 is 0.442 bits per heavy atom. The largest absolute Gasteiger partial charge is 1.00 e. The Bertz CT molecular complexity index is 3000. The molecule has 0 aromatic heterocycles. The number of hydrogen-bond donors (Lipinski definition) is 5. The fraction of sp³-hybridized carbons (Fsp3) is 0. The van der Waals surface area contributed by atoms with Gasteiger partial charge in [-0.05, 0) is 66.7 Å². The minimum atomic E-state index is -4.96. The molecule has 0 atom stereocenters. The van der Waals surface area contributed by atoms with Crippen LogP contribution in [0.25, 0.3) is 32.3 Å². The van der Waals surface area contributed by atoms with Gasteiger partial charge in [-0.25, -0.2) is 0 Å². The molecule has 0 bridgehead atoms. The van der Waals surface area contributed by atoms with Crippen LogP contribution in [0.5, 0.6) is 0 Å². The third-order valence-corrected chi connectivity index (χ3v) is 11.0. The Morgan fingerprint density at radius 2 is 0.923 bits per heavy atom. The number of nitrogen functional groups attached to an aromatic ring is 1. The number of benzene rings is 6. The Labute approximate surface area is 318 Å². The molecule has 6 rings (SSSR count).